The lowest BCUT2D eigenvalue weighted by molar-refractivity contribution is 0.0525. The van der Waals surface area contributed by atoms with Crippen molar-refractivity contribution in [1.82, 2.24) is 9.97 Å². The number of nitrogens with zero attached hydrogens (tertiary/aromatic N) is 3. The van der Waals surface area contributed by atoms with Crippen LogP contribution < -0.4 is 10.6 Å². The van der Waals surface area contributed by atoms with Crippen LogP contribution in [0.25, 0.3) is 0 Å². The van der Waals surface area contributed by atoms with Gasteiger partial charge in [0.05, 0.1) is 6.10 Å². The summed E-state index contributed by atoms with van der Waals surface area (Å²) >= 11 is 0. The number of rotatable bonds is 5. The molecule has 0 aliphatic carbocycles. The number of hydrogen-bond acceptors (Lipinski definition) is 6. The number of anilines is 2. The molecule has 0 aromatic carbocycles. The third-order valence-corrected chi connectivity index (χ3v) is 3.16. The van der Waals surface area contributed by atoms with Crippen molar-refractivity contribution in [3.63, 3.8) is 0 Å². The highest BCUT2D eigenvalue weighted by Gasteiger charge is 2.21. The number of aromatic nitrogens is 2. The molecular weight excluding hydrogens is 244 g/mol. The van der Waals surface area contributed by atoms with Crippen molar-refractivity contribution in [1.29, 1.82) is 0 Å². The van der Waals surface area contributed by atoms with Crippen LogP contribution in [-0.2, 0) is 16.1 Å². The van der Waals surface area contributed by atoms with Crippen LogP contribution in [0.4, 0.5) is 11.6 Å². The fourth-order valence-electron chi connectivity index (χ4n) is 2.38. The minimum Gasteiger partial charge on any atom is -0.384 e. The molecule has 0 radical (unpaired) electrons. The predicted octanol–water partition coefficient (Wildman–Crippen LogP) is 1.21. The SMILES string of the molecule is CCOC1CCCN(c2cc(N)nc(COC)n2)C1. The van der Waals surface area contributed by atoms with E-state index in [1.54, 1.807) is 7.11 Å². The van der Waals surface area contributed by atoms with Gasteiger partial charge in [0.25, 0.3) is 0 Å². The van der Waals surface area contributed by atoms with E-state index in [1.807, 2.05) is 13.0 Å². The number of nitrogens with two attached hydrogens (primary N) is 1. The van der Waals surface area contributed by atoms with Gasteiger partial charge in [-0.15, -0.1) is 0 Å². The molecule has 106 valence electrons. The Balaban J connectivity index is 2.11. The Kier molecular flexibility index (Phi) is 4.93. The van der Waals surface area contributed by atoms with E-state index in [-0.39, 0.29) is 6.10 Å². The number of piperidine rings is 1. The van der Waals surface area contributed by atoms with Crippen LogP contribution >= 0.6 is 0 Å². The van der Waals surface area contributed by atoms with E-state index < -0.39 is 0 Å². The van der Waals surface area contributed by atoms with Gasteiger partial charge in [-0.25, -0.2) is 9.97 Å². The van der Waals surface area contributed by atoms with Crippen LogP contribution in [0.2, 0.25) is 0 Å². The summed E-state index contributed by atoms with van der Waals surface area (Å²) in [4.78, 5) is 10.9. The summed E-state index contributed by atoms with van der Waals surface area (Å²) in [6.45, 7) is 4.99. The Labute approximate surface area is 113 Å². The van der Waals surface area contributed by atoms with Gasteiger partial charge in [0.2, 0.25) is 0 Å². The smallest absolute Gasteiger partial charge is 0.158 e. The molecule has 0 amide bonds. The molecule has 2 N–H and O–H groups in total. The van der Waals surface area contributed by atoms with Gasteiger partial charge in [-0.05, 0) is 19.8 Å². The van der Waals surface area contributed by atoms with Crippen molar-refractivity contribution in [3.05, 3.63) is 11.9 Å². The molecule has 19 heavy (non-hydrogen) atoms. The van der Waals surface area contributed by atoms with Gasteiger partial charge in [0.15, 0.2) is 5.82 Å². The molecule has 2 rings (SSSR count). The second-order valence-corrected chi connectivity index (χ2v) is 4.67. The molecule has 1 aromatic rings. The highest BCUT2D eigenvalue weighted by Crippen LogP contribution is 2.21. The standard InChI is InChI=1S/C13H22N4O2/c1-3-19-10-5-4-6-17(8-10)13-7-11(14)15-12(16-13)9-18-2/h7,10H,3-6,8-9H2,1-2H3,(H2,14,15,16). The molecule has 1 aliphatic heterocycles. The lowest BCUT2D eigenvalue weighted by Crippen LogP contribution is -2.40. The van der Waals surface area contributed by atoms with Crippen LogP contribution in [0.1, 0.15) is 25.6 Å². The lowest BCUT2D eigenvalue weighted by atomic mass is 10.1. The zero-order chi connectivity index (χ0) is 13.7. The van der Waals surface area contributed by atoms with E-state index in [9.17, 15) is 0 Å². The van der Waals surface area contributed by atoms with E-state index >= 15 is 0 Å². The summed E-state index contributed by atoms with van der Waals surface area (Å²) in [6.07, 6.45) is 2.49. The first kappa shape index (κ1) is 14.0. The van der Waals surface area contributed by atoms with Crippen molar-refractivity contribution in [3.8, 4) is 0 Å². The molecule has 1 aromatic heterocycles. The summed E-state index contributed by atoms with van der Waals surface area (Å²) in [5, 5.41) is 0. The molecule has 0 spiro atoms. The maximum absolute atomic E-state index is 5.83. The third-order valence-electron chi connectivity index (χ3n) is 3.16. The summed E-state index contributed by atoms with van der Waals surface area (Å²) < 4.78 is 10.8. The average molecular weight is 266 g/mol. The summed E-state index contributed by atoms with van der Waals surface area (Å²) in [6, 6.07) is 1.81. The molecule has 1 fully saturated rings. The summed E-state index contributed by atoms with van der Waals surface area (Å²) in [5.74, 6) is 1.97. The van der Waals surface area contributed by atoms with Crippen molar-refractivity contribution >= 4 is 11.6 Å². The molecule has 1 saturated heterocycles. The molecule has 0 saturated carbocycles. The van der Waals surface area contributed by atoms with E-state index in [0.717, 1.165) is 38.4 Å². The van der Waals surface area contributed by atoms with Crippen molar-refractivity contribution in [2.75, 3.05) is 37.4 Å². The Morgan fingerprint density at radius 1 is 1.47 bits per heavy atom. The second-order valence-electron chi connectivity index (χ2n) is 4.67. The monoisotopic (exact) mass is 266 g/mol. The number of nitrogen functional groups attached to an aromatic ring is 1. The van der Waals surface area contributed by atoms with E-state index in [0.29, 0.717) is 18.2 Å². The van der Waals surface area contributed by atoms with Crippen LogP contribution in [0.15, 0.2) is 6.07 Å². The molecular formula is C13H22N4O2. The molecule has 1 unspecified atom stereocenters. The van der Waals surface area contributed by atoms with Gasteiger partial charge in [-0.1, -0.05) is 0 Å². The van der Waals surface area contributed by atoms with Gasteiger partial charge >= 0.3 is 0 Å². The molecule has 1 atom stereocenters. The first-order valence-corrected chi connectivity index (χ1v) is 6.71. The molecule has 6 heteroatoms. The van der Waals surface area contributed by atoms with Crippen molar-refractivity contribution in [2.24, 2.45) is 0 Å². The molecule has 1 aliphatic rings. The molecule has 2 heterocycles. The Bertz CT molecular complexity index is 412. The Morgan fingerprint density at radius 2 is 2.32 bits per heavy atom. The van der Waals surface area contributed by atoms with Crippen LogP contribution in [0.5, 0.6) is 0 Å². The predicted molar refractivity (Wildman–Crippen MR) is 74.0 cm³/mol. The normalized spacial score (nSPS) is 19.7. The molecule has 0 bridgehead atoms. The lowest BCUT2D eigenvalue weighted by Gasteiger charge is -2.33. The largest absolute Gasteiger partial charge is 0.384 e. The van der Waals surface area contributed by atoms with E-state index in [4.69, 9.17) is 15.2 Å². The van der Waals surface area contributed by atoms with Gasteiger partial charge in [0, 0.05) is 32.9 Å². The minimum absolute atomic E-state index is 0.279. The van der Waals surface area contributed by atoms with Crippen molar-refractivity contribution in [2.45, 2.75) is 32.5 Å². The van der Waals surface area contributed by atoms with Crippen LogP contribution in [-0.4, -0.2) is 42.9 Å². The topological polar surface area (TPSA) is 73.5 Å². The molecule has 6 nitrogen and oxygen atoms in total. The third kappa shape index (κ3) is 3.78. The van der Waals surface area contributed by atoms with Gasteiger partial charge < -0.3 is 20.1 Å². The number of hydrogen-bond donors (Lipinski definition) is 1. The summed E-state index contributed by atoms with van der Waals surface area (Å²) in [7, 11) is 1.62. The van der Waals surface area contributed by atoms with Gasteiger partial charge in [-0.3, -0.25) is 0 Å². The number of ether oxygens (including phenoxy) is 2. The first-order chi connectivity index (χ1) is 9.22. The van der Waals surface area contributed by atoms with Crippen LogP contribution in [0.3, 0.4) is 0 Å². The summed E-state index contributed by atoms with van der Waals surface area (Å²) in [5.41, 5.74) is 5.83. The van der Waals surface area contributed by atoms with E-state index in [2.05, 4.69) is 14.9 Å². The Morgan fingerprint density at radius 3 is 3.05 bits per heavy atom. The van der Waals surface area contributed by atoms with Gasteiger partial charge in [0.1, 0.15) is 18.2 Å². The van der Waals surface area contributed by atoms with Crippen LogP contribution in [0, 0.1) is 0 Å². The maximum atomic E-state index is 5.83. The Hall–Kier alpha value is -1.40. The van der Waals surface area contributed by atoms with Gasteiger partial charge in [-0.2, -0.15) is 0 Å². The highest BCUT2D eigenvalue weighted by molar-refractivity contribution is 5.47. The first-order valence-electron chi connectivity index (χ1n) is 6.71. The maximum Gasteiger partial charge on any atom is 0.158 e. The highest BCUT2D eigenvalue weighted by atomic mass is 16.5. The van der Waals surface area contributed by atoms with E-state index in [1.165, 1.54) is 0 Å². The number of methoxy groups -OCH3 is 1. The van der Waals surface area contributed by atoms with Crippen molar-refractivity contribution < 1.29 is 9.47 Å². The zero-order valence-corrected chi connectivity index (χ0v) is 11.6. The fraction of sp³-hybridized carbons (Fsp3) is 0.692. The quantitative estimate of drug-likeness (QED) is 0.863. The minimum atomic E-state index is 0.279. The second kappa shape index (κ2) is 6.68. The zero-order valence-electron chi connectivity index (χ0n) is 11.6. The fourth-order valence-corrected chi connectivity index (χ4v) is 2.38. The average Bonchev–Trinajstić information content (AvgIpc) is 2.39.